The van der Waals surface area contributed by atoms with Crippen LogP contribution in [0.5, 0.6) is 5.75 Å². The van der Waals surface area contributed by atoms with Crippen molar-refractivity contribution < 1.29 is 13.2 Å². The minimum atomic E-state index is -3.83. The van der Waals surface area contributed by atoms with E-state index in [0.29, 0.717) is 22.1 Å². The monoisotopic (exact) mass is 401 g/mol. The van der Waals surface area contributed by atoms with Crippen LogP contribution in [0.1, 0.15) is 81.5 Å². The van der Waals surface area contributed by atoms with Crippen LogP contribution in [0.2, 0.25) is 0 Å². The molecule has 0 bridgehead atoms. The zero-order chi connectivity index (χ0) is 21.1. The quantitative estimate of drug-likeness (QED) is 0.545. The molecular formula is C23H31NO3S. The van der Waals surface area contributed by atoms with E-state index in [1.165, 1.54) is 6.21 Å². The molecule has 0 amide bonds. The Balaban J connectivity index is 2.60. The molecule has 2 rings (SSSR count). The molecule has 0 aliphatic carbocycles. The number of benzene rings is 2. The first-order valence-electron chi connectivity index (χ1n) is 9.69. The highest BCUT2D eigenvalue weighted by atomic mass is 32.2. The lowest BCUT2D eigenvalue weighted by atomic mass is 9.89. The second-order valence-corrected chi connectivity index (χ2v) is 9.54. The molecule has 4 nitrogen and oxygen atoms in total. The highest BCUT2D eigenvalue weighted by Crippen LogP contribution is 2.36. The van der Waals surface area contributed by atoms with E-state index in [1.54, 1.807) is 31.4 Å². The van der Waals surface area contributed by atoms with Gasteiger partial charge in [-0.05, 0) is 64.3 Å². The molecule has 0 spiro atoms. The molecule has 0 aliphatic rings. The largest absolute Gasteiger partial charge is 0.497 e. The Hall–Kier alpha value is -2.14. The standard InChI is InChI=1S/C23H31NO3S/c1-15(2)19-12-21(16(3)4)23(22(13-19)17(5)6)28(25,26)24-14-18-8-10-20(27-7)11-9-18/h8-17H,1-7H3/b24-14+. The van der Waals surface area contributed by atoms with Gasteiger partial charge in [0.15, 0.2) is 0 Å². The lowest BCUT2D eigenvalue weighted by molar-refractivity contribution is 0.415. The predicted molar refractivity (Wildman–Crippen MR) is 116 cm³/mol. The average Bonchev–Trinajstić information content (AvgIpc) is 2.65. The van der Waals surface area contributed by atoms with Crippen molar-refractivity contribution in [3.05, 3.63) is 58.7 Å². The summed E-state index contributed by atoms with van der Waals surface area (Å²) < 4.78 is 35.6. The Bertz CT molecular complexity index is 911. The van der Waals surface area contributed by atoms with Gasteiger partial charge in [0, 0.05) is 6.21 Å². The SMILES string of the molecule is COc1ccc(/C=N/S(=O)(=O)c2c(C(C)C)cc(C(C)C)cc2C(C)C)cc1. The van der Waals surface area contributed by atoms with Gasteiger partial charge >= 0.3 is 0 Å². The van der Waals surface area contributed by atoms with Gasteiger partial charge in [0.2, 0.25) is 0 Å². The van der Waals surface area contributed by atoms with Crippen LogP contribution in [0, 0.1) is 0 Å². The van der Waals surface area contributed by atoms with Gasteiger partial charge in [-0.1, -0.05) is 53.7 Å². The average molecular weight is 402 g/mol. The van der Waals surface area contributed by atoms with Crippen LogP contribution in [0.15, 0.2) is 45.7 Å². The molecule has 0 unspecified atom stereocenters. The molecule has 0 aromatic heterocycles. The maximum absolute atomic E-state index is 13.2. The van der Waals surface area contributed by atoms with Crippen molar-refractivity contribution in [2.45, 2.75) is 64.2 Å². The van der Waals surface area contributed by atoms with Crippen LogP contribution in [-0.2, 0) is 10.0 Å². The molecule has 0 heterocycles. The van der Waals surface area contributed by atoms with Crippen LogP contribution in [0.3, 0.4) is 0 Å². The number of nitrogens with zero attached hydrogens (tertiary/aromatic N) is 1. The third-order valence-corrected chi connectivity index (χ3v) is 6.16. The second-order valence-electron chi connectivity index (χ2n) is 7.98. The van der Waals surface area contributed by atoms with Crippen molar-refractivity contribution in [3.8, 4) is 5.75 Å². The van der Waals surface area contributed by atoms with E-state index in [9.17, 15) is 8.42 Å². The van der Waals surface area contributed by atoms with Gasteiger partial charge < -0.3 is 4.74 Å². The van der Waals surface area contributed by atoms with E-state index in [1.807, 2.05) is 39.8 Å². The molecule has 0 N–H and O–H groups in total. The molecule has 0 saturated carbocycles. The maximum Gasteiger partial charge on any atom is 0.282 e. The van der Waals surface area contributed by atoms with E-state index < -0.39 is 10.0 Å². The molecule has 0 radical (unpaired) electrons. The minimum absolute atomic E-state index is 0.0807. The Labute approximate surface area is 169 Å². The van der Waals surface area contributed by atoms with Gasteiger partial charge in [0.1, 0.15) is 5.75 Å². The van der Waals surface area contributed by atoms with Crippen molar-refractivity contribution in [1.82, 2.24) is 0 Å². The molecule has 2 aromatic rings. The number of rotatable bonds is 7. The Kier molecular flexibility index (Phi) is 7.05. The van der Waals surface area contributed by atoms with Crippen molar-refractivity contribution in [2.75, 3.05) is 7.11 Å². The molecular weight excluding hydrogens is 370 g/mol. The van der Waals surface area contributed by atoms with Crippen LogP contribution in [0.25, 0.3) is 0 Å². The summed E-state index contributed by atoms with van der Waals surface area (Å²) in [6.07, 6.45) is 1.40. The molecule has 0 aliphatic heterocycles. The summed E-state index contributed by atoms with van der Waals surface area (Å²) in [7, 11) is -2.24. The molecule has 0 atom stereocenters. The third kappa shape index (κ3) is 5.02. The van der Waals surface area contributed by atoms with Crippen molar-refractivity contribution in [3.63, 3.8) is 0 Å². The van der Waals surface area contributed by atoms with Gasteiger partial charge in [-0.2, -0.15) is 12.8 Å². The first-order chi connectivity index (χ1) is 13.1. The summed E-state index contributed by atoms with van der Waals surface area (Å²) in [4.78, 5) is 0.353. The molecule has 28 heavy (non-hydrogen) atoms. The van der Waals surface area contributed by atoms with Gasteiger partial charge in [-0.25, -0.2) is 0 Å². The van der Waals surface area contributed by atoms with E-state index in [2.05, 4.69) is 18.2 Å². The van der Waals surface area contributed by atoms with Gasteiger partial charge in [0.05, 0.1) is 12.0 Å². The molecule has 0 fully saturated rings. The summed E-state index contributed by atoms with van der Waals surface area (Å²) in [5.41, 5.74) is 3.54. The summed E-state index contributed by atoms with van der Waals surface area (Å²) in [6.45, 7) is 12.3. The first kappa shape index (κ1) is 22.2. The number of sulfonamides is 1. The van der Waals surface area contributed by atoms with E-state index in [-0.39, 0.29) is 11.8 Å². The summed E-state index contributed by atoms with van der Waals surface area (Å²) >= 11 is 0. The summed E-state index contributed by atoms with van der Waals surface area (Å²) in [5.74, 6) is 1.21. The van der Waals surface area contributed by atoms with Gasteiger partial charge in [-0.15, -0.1) is 0 Å². The maximum atomic E-state index is 13.2. The third-order valence-electron chi connectivity index (χ3n) is 4.79. The number of hydrogen-bond acceptors (Lipinski definition) is 3. The van der Waals surface area contributed by atoms with Crippen LogP contribution in [0.4, 0.5) is 0 Å². The van der Waals surface area contributed by atoms with Gasteiger partial charge in [-0.3, -0.25) is 0 Å². The summed E-state index contributed by atoms with van der Waals surface area (Å²) in [6, 6.07) is 11.2. The van der Waals surface area contributed by atoms with Crippen LogP contribution in [-0.4, -0.2) is 21.7 Å². The zero-order valence-corrected chi connectivity index (χ0v) is 18.7. The fourth-order valence-electron chi connectivity index (χ4n) is 3.06. The Morgan fingerprint density at radius 1 is 0.857 bits per heavy atom. The fraction of sp³-hybridized carbons (Fsp3) is 0.435. The highest BCUT2D eigenvalue weighted by Gasteiger charge is 2.26. The lowest BCUT2D eigenvalue weighted by Crippen LogP contribution is -2.11. The van der Waals surface area contributed by atoms with Crippen molar-refractivity contribution in [1.29, 1.82) is 0 Å². The predicted octanol–water partition coefficient (Wildman–Crippen LogP) is 5.87. The minimum Gasteiger partial charge on any atom is -0.497 e. The molecule has 2 aromatic carbocycles. The summed E-state index contributed by atoms with van der Waals surface area (Å²) in [5, 5.41) is 0. The number of hydrogen-bond donors (Lipinski definition) is 0. The number of methoxy groups -OCH3 is 1. The van der Waals surface area contributed by atoms with E-state index in [4.69, 9.17) is 4.74 Å². The highest BCUT2D eigenvalue weighted by molar-refractivity contribution is 7.90. The zero-order valence-electron chi connectivity index (χ0n) is 17.9. The van der Waals surface area contributed by atoms with Crippen molar-refractivity contribution >= 4 is 16.2 Å². The smallest absolute Gasteiger partial charge is 0.282 e. The molecule has 5 heteroatoms. The van der Waals surface area contributed by atoms with E-state index >= 15 is 0 Å². The van der Waals surface area contributed by atoms with Crippen LogP contribution < -0.4 is 4.74 Å². The van der Waals surface area contributed by atoms with Gasteiger partial charge in [0.25, 0.3) is 10.0 Å². The topological polar surface area (TPSA) is 55.7 Å². The number of ether oxygens (including phenoxy) is 1. The second kappa shape index (κ2) is 8.91. The lowest BCUT2D eigenvalue weighted by Gasteiger charge is -2.21. The van der Waals surface area contributed by atoms with E-state index in [0.717, 1.165) is 16.7 Å². The molecule has 152 valence electrons. The first-order valence-corrected chi connectivity index (χ1v) is 11.1. The van der Waals surface area contributed by atoms with Crippen LogP contribution >= 0.6 is 0 Å². The Morgan fingerprint density at radius 2 is 1.36 bits per heavy atom. The molecule has 0 saturated heterocycles. The normalized spacial score (nSPS) is 12.5. The fourth-order valence-corrected chi connectivity index (χ4v) is 4.61. The van der Waals surface area contributed by atoms with Crippen molar-refractivity contribution in [2.24, 2.45) is 4.40 Å². The Morgan fingerprint density at radius 3 is 1.75 bits per heavy atom.